The van der Waals surface area contributed by atoms with Crippen LogP contribution < -0.4 is 10.1 Å². The minimum atomic E-state index is -0.437. The van der Waals surface area contributed by atoms with Gasteiger partial charge in [0.15, 0.2) is 0 Å². The van der Waals surface area contributed by atoms with Gasteiger partial charge in [-0.2, -0.15) is 0 Å². The summed E-state index contributed by atoms with van der Waals surface area (Å²) in [5.41, 5.74) is 2.89. The van der Waals surface area contributed by atoms with Gasteiger partial charge in [-0.05, 0) is 55.7 Å². The largest absolute Gasteiger partial charge is 0.497 e. The Balaban J connectivity index is 1.42. The summed E-state index contributed by atoms with van der Waals surface area (Å²) in [6.07, 6.45) is 3.32. The number of benzene rings is 3. The van der Waals surface area contributed by atoms with Crippen LogP contribution >= 0.6 is 0 Å². The molecule has 0 spiro atoms. The van der Waals surface area contributed by atoms with E-state index in [1.54, 1.807) is 54.1 Å². The van der Waals surface area contributed by atoms with Crippen LogP contribution in [0.5, 0.6) is 5.75 Å². The Bertz CT molecular complexity index is 1500. The van der Waals surface area contributed by atoms with Gasteiger partial charge < -0.3 is 14.4 Å². The first-order valence-corrected chi connectivity index (χ1v) is 13.2. The van der Waals surface area contributed by atoms with Crippen LogP contribution in [0.25, 0.3) is 16.9 Å². The molecule has 1 saturated heterocycles. The van der Waals surface area contributed by atoms with E-state index < -0.39 is 5.91 Å². The molecule has 40 heavy (non-hydrogen) atoms. The number of hydrogen-bond acceptors (Lipinski definition) is 5. The van der Waals surface area contributed by atoms with Crippen LogP contribution in [-0.2, 0) is 9.53 Å². The quantitative estimate of drug-likeness (QED) is 0.312. The lowest BCUT2D eigenvalue weighted by Gasteiger charge is -2.25. The molecule has 9 heteroatoms. The van der Waals surface area contributed by atoms with Crippen LogP contribution in [0.2, 0.25) is 0 Å². The zero-order valence-corrected chi connectivity index (χ0v) is 22.5. The van der Waals surface area contributed by atoms with Gasteiger partial charge in [-0.3, -0.25) is 19.5 Å². The van der Waals surface area contributed by atoms with Crippen molar-refractivity contribution in [3.8, 4) is 22.7 Å². The van der Waals surface area contributed by atoms with Crippen LogP contribution in [0.4, 0.5) is 10.3 Å². The molecule has 0 bridgehead atoms. The third kappa shape index (κ3) is 6.21. The van der Waals surface area contributed by atoms with E-state index in [9.17, 15) is 14.0 Å². The second-order valence-electron chi connectivity index (χ2n) is 9.72. The number of ether oxygens (including phenoxy) is 2. The zero-order chi connectivity index (χ0) is 28.1. The fourth-order valence-electron chi connectivity index (χ4n) is 4.67. The molecule has 3 aromatic carbocycles. The zero-order valence-electron chi connectivity index (χ0n) is 22.5. The minimum Gasteiger partial charge on any atom is -0.497 e. The maximum Gasteiger partial charge on any atom is 0.254 e. The first-order chi connectivity index (χ1) is 19.4. The molecule has 4 aromatic rings. The van der Waals surface area contributed by atoms with E-state index in [2.05, 4.69) is 10.3 Å². The number of halogens is 1. The van der Waals surface area contributed by atoms with Crippen molar-refractivity contribution in [2.24, 2.45) is 0 Å². The Labute approximate surface area is 232 Å². The monoisotopic (exact) mass is 542 g/mol. The van der Waals surface area contributed by atoms with Gasteiger partial charge in [-0.1, -0.05) is 42.5 Å². The molecule has 0 aliphatic carbocycles. The number of carbonyl (C=O) groups is 2. The highest BCUT2D eigenvalue weighted by atomic mass is 19.1. The lowest BCUT2D eigenvalue weighted by Crippen LogP contribution is -2.42. The molecule has 2 amide bonds. The topological polar surface area (TPSA) is 85.7 Å². The summed E-state index contributed by atoms with van der Waals surface area (Å²) in [5.74, 6) is -0.339. The summed E-state index contributed by atoms with van der Waals surface area (Å²) < 4.78 is 27.1. The summed E-state index contributed by atoms with van der Waals surface area (Å²) >= 11 is 0. The van der Waals surface area contributed by atoms with Gasteiger partial charge in [0, 0.05) is 30.5 Å². The highest BCUT2D eigenvalue weighted by Crippen LogP contribution is 2.25. The molecule has 2 heterocycles. The molecular formula is C31H31FN4O4. The highest BCUT2D eigenvalue weighted by Gasteiger charge is 2.26. The summed E-state index contributed by atoms with van der Waals surface area (Å²) in [4.78, 5) is 33.0. The standard InChI is InChI=1S/C31H31FN4O4/c1-21-13-14-24(17-27(21)32)36-19-28(22-8-4-3-5-9-22)33-31(36)34-29(37)20-35(18-26-12-7-15-40-26)30(38)23-10-6-11-25(16-23)39-2/h3-6,8-11,13-14,16-17,19,26H,7,12,15,18,20H2,1-2H3,(H,33,34,37). The smallest absolute Gasteiger partial charge is 0.254 e. The van der Waals surface area contributed by atoms with Crippen LogP contribution in [0.3, 0.4) is 0 Å². The average Bonchev–Trinajstić information content (AvgIpc) is 3.64. The Morgan fingerprint density at radius 3 is 2.67 bits per heavy atom. The molecule has 1 atom stereocenters. The summed E-state index contributed by atoms with van der Waals surface area (Å²) in [7, 11) is 1.53. The molecule has 0 radical (unpaired) electrons. The number of nitrogens with zero attached hydrogens (tertiary/aromatic N) is 3. The van der Waals surface area contributed by atoms with Crippen LogP contribution in [0, 0.1) is 12.7 Å². The molecule has 8 nitrogen and oxygen atoms in total. The van der Waals surface area contributed by atoms with E-state index in [0.717, 1.165) is 18.4 Å². The number of rotatable bonds is 9. The van der Waals surface area contributed by atoms with E-state index in [4.69, 9.17) is 9.47 Å². The Morgan fingerprint density at radius 2 is 1.95 bits per heavy atom. The summed E-state index contributed by atoms with van der Waals surface area (Å²) in [6, 6.07) is 21.2. The maximum atomic E-state index is 14.5. The predicted molar refractivity (Wildman–Crippen MR) is 150 cm³/mol. The van der Waals surface area contributed by atoms with Crippen molar-refractivity contribution in [2.75, 3.05) is 32.1 Å². The van der Waals surface area contributed by atoms with Crippen molar-refractivity contribution in [3.63, 3.8) is 0 Å². The van der Waals surface area contributed by atoms with E-state index in [0.29, 0.717) is 34.9 Å². The third-order valence-electron chi connectivity index (χ3n) is 6.85. The predicted octanol–water partition coefficient (Wildman–Crippen LogP) is 5.26. The van der Waals surface area contributed by atoms with E-state index in [1.807, 2.05) is 30.3 Å². The molecule has 1 aliphatic heterocycles. The second kappa shape index (κ2) is 12.1. The van der Waals surface area contributed by atoms with E-state index in [1.165, 1.54) is 18.1 Å². The minimum absolute atomic E-state index is 0.149. The van der Waals surface area contributed by atoms with E-state index >= 15 is 0 Å². The van der Waals surface area contributed by atoms with Crippen molar-refractivity contribution in [1.29, 1.82) is 0 Å². The van der Waals surface area contributed by atoms with Gasteiger partial charge in [-0.15, -0.1) is 0 Å². The van der Waals surface area contributed by atoms with Gasteiger partial charge in [0.05, 0.1) is 24.6 Å². The van der Waals surface area contributed by atoms with Crippen LogP contribution in [-0.4, -0.2) is 59.2 Å². The van der Waals surface area contributed by atoms with Crippen molar-refractivity contribution in [1.82, 2.24) is 14.5 Å². The normalized spacial score (nSPS) is 14.6. The number of aryl methyl sites for hydroxylation is 1. The molecule has 5 rings (SSSR count). The van der Waals surface area contributed by atoms with Gasteiger partial charge in [-0.25, -0.2) is 9.37 Å². The Hall–Kier alpha value is -4.50. The van der Waals surface area contributed by atoms with Crippen LogP contribution in [0.1, 0.15) is 28.8 Å². The SMILES string of the molecule is COc1cccc(C(=O)N(CC(=O)Nc2nc(-c3ccccc3)cn2-c2ccc(C)c(F)c2)CC2CCCO2)c1. The molecular weight excluding hydrogens is 511 g/mol. The third-order valence-corrected chi connectivity index (χ3v) is 6.85. The van der Waals surface area contributed by atoms with Crippen molar-refractivity contribution < 1.29 is 23.5 Å². The fourth-order valence-corrected chi connectivity index (χ4v) is 4.67. The molecule has 0 saturated carbocycles. The Morgan fingerprint density at radius 1 is 1.12 bits per heavy atom. The van der Waals surface area contributed by atoms with Crippen LogP contribution in [0.15, 0.2) is 79.0 Å². The lowest BCUT2D eigenvalue weighted by atomic mass is 10.1. The number of imidazole rings is 1. The average molecular weight is 543 g/mol. The molecule has 1 aromatic heterocycles. The molecule has 206 valence electrons. The van der Waals surface area contributed by atoms with E-state index in [-0.39, 0.29) is 36.9 Å². The number of hydrogen-bond donors (Lipinski definition) is 1. The fraction of sp³-hybridized carbons (Fsp3) is 0.258. The number of aromatic nitrogens is 2. The van der Waals surface area contributed by atoms with Crippen molar-refractivity contribution >= 4 is 17.8 Å². The van der Waals surface area contributed by atoms with Gasteiger partial charge >= 0.3 is 0 Å². The second-order valence-corrected chi connectivity index (χ2v) is 9.72. The van der Waals surface area contributed by atoms with Gasteiger partial charge in [0.25, 0.3) is 5.91 Å². The van der Waals surface area contributed by atoms with Gasteiger partial charge in [0.1, 0.15) is 18.1 Å². The van der Waals surface area contributed by atoms with Gasteiger partial charge in [0.2, 0.25) is 11.9 Å². The first-order valence-electron chi connectivity index (χ1n) is 13.2. The lowest BCUT2D eigenvalue weighted by molar-refractivity contribution is -0.117. The molecule has 1 aliphatic rings. The number of carbonyl (C=O) groups excluding carboxylic acids is 2. The molecule has 1 fully saturated rings. The summed E-state index contributed by atoms with van der Waals surface area (Å²) in [5, 5.41) is 2.85. The molecule has 1 N–H and O–H groups in total. The Kier molecular flexibility index (Phi) is 8.21. The summed E-state index contributed by atoms with van der Waals surface area (Å²) in [6.45, 7) is 2.37. The number of nitrogens with one attached hydrogen (secondary N) is 1. The van der Waals surface area contributed by atoms with Crippen molar-refractivity contribution in [3.05, 3.63) is 95.9 Å². The highest BCUT2D eigenvalue weighted by molar-refractivity contribution is 5.99. The number of methoxy groups -OCH3 is 1. The number of amides is 2. The van der Waals surface area contributed by atoms with Crippen molar-refractivity contribution in [2.45, 2.75) is 25.9 Å². The maximum absolute atomic E-state index is 14.5. The number of anilines is 1. The first kappa shape index (κ1) is 27.1. The molecule has 1 unspecified atom stereocenters.